The van der Waals surface area contributed by atoms with Gasteiger partial charge in [0.1, 0.15) is 6.61 Å². The van der Waals surface area contributed by atoms with Gasteiger partial charge in [0.25, 0.3) is 0 Å². The minimum absolute atomic E-state index is 0.0106. The van der Waals surface area contributed by atoms with E-state index >= 15 is 0 Å². The molecule has 0 radical (unpaired) electrons. The van der Waals surface area contributed by atoms with Crippen LogP contribution in [-0.4, -0.2) is 42.3 Å². The van der Waals surface area contributed by atoms with E-state index in [2.05, 4.69) is 34.9 Å². The van der Waals surface area contributed by atoms with Crippen molar-refractivity contribution in [2.75, 3.05) is 13.2 Å². The Bertz CT molecular complexity index is 1060. The minimum Gasteiger partial charge on any atom is -0.481 e. The van der Waals surface area contributed by atoms with Crippen molar-refractivity contribution in [1.82, 2.24) is 10.6 Å². The molecule has 0 aromatic heterocycles. The monoisotopic (exact) mass is 476 g/mol. The Balaban J connectivity index is 1.17. The van der Waals surface area contributed by atoms with Crippen LogP contribution in [0.1, 0.15) is 55.6 Å². The molecule has 35 heavy (non-hydrogen) atoms. The number of carbonyl (C=O) groups excluding carboxylic acids is 2. The van der Waals surface area contributed by atoms with Gasteiger partial charge in [0.2, 0.25) is 5.91 Å². The van der Waals surface area contributed by atoms with Crippen molar-refractivity contribution < 1.29 is 24.2 Å². The number of aliphatic carboxylic acids is 1. The number of carbonyl (C=O) groups is 3. The van der Waals surface area contributed by atoms with E-state index in [1.54, 1.807) is 0 Å². The molecule has 3 aliphatic rings. The van der Waals surface area contributed by atoms with Gasteiger partial charge >= 0.3 is 12.1 Å². The van der Waals surface area contributed by atoms with E-state index in [1.165, 1.54) is 11.1 Å². The van der Waals surface area contributed by atoms with Crippen LogP contribution in [0, 0.1) is 17.8 Å². The van der Waals surface area contributed by atoms with Gasteiger partial charge in [-0.3, -0.25) is 9.59 Å². The van der Waals surface area contributed by atoms with Crippen molar-refractivity contribution in [3.8, 4) is 11.1 Å². The summed E-state index contributed by atoms with van der Waals surface area (Å²) in [5.74, 6) is -1.06. The van der Waals surface area contributed by atoms with Crippen LogP contribution in [-0.2, 0) is 14.3 Å². The zero-order valence-corrected chi connectivity index (χ0v) is 19.7. The number of hydrogen-bond donors (Lipinski definition) is 3. The summed E-state index contributed by atoms with van der Waals surface area (Å²) in [6, 6.07) is 16.1. The molecule has 0 bridgehead atoms. The summed E-state index contributed by atoms with van der Waals surface area (Å²) in [5.41, 5.74) is 4.68. The normalized spacial score (nSPS) is 21.6. The molecule has 5 rings (SSSR count). The van der Waals surface area contributed by atoms with Gasteiger partial charge in [0.05, 0.1) is 5.92 Å². The average molecular weight is 477 g/mol. The first-order valence-electron chi connectivity index (χ1n) is 12.6. The number of hydrogen-bond acceptors (Lipinski definition) is 4. The predicted octanol–water partition coefficient (Wildman–Crippen LogP) is 4.31. The molecule has 7 nitrogen and oxygen atoms in total. The Labute approximate surface area is 205 Å². The van der Waals surface area contributed by atoms with Crippen LogP contribution >= 0.6 is 0 Å². The van der Waals surface area contributed by atoms with E-state index in [1.807, 2.05) is 24.3 Å². The van der Waals surface area contributed by atoms with Gasteiger partial charge in [0, 0.05) is 24.9 Å². The van der Waals surface area contributed by atoms with Crippen molar-refractivity contribution in [2.45, 2.75) is 50.5 Å². The summed E-state index contributed by atoms with van der Waals surface area (Å²) in [6.45, 7) is 0.611. The SMILES string of the molecule is O=C(CC(NC(=O)OCC1c2ccccc2-c2ccccc21)C1CCCC1)NC[C@@H]1C[C@@H]1C(=O)O. The molecule has 7 heteroatoms. The maximum Gasteiger partial charge on any atom is 0.407 e. The number of rotatable bonds is 9. The molecule has 3 N–H and O–H groups in total. The quantitative estimate of drug-likeness (QED) is 0.500. The van der Waals surface area contributed by atoms with Crippen LogP contribution in [0.2, 0.25) is 0 Å². The number of benzene rings is 2. The molecular formula is C28H32N2O5. The van der Waals surface area contributed by atoms with Crippen LogP contribution in [0.4, 0.5) is 4.79 Å². The molecule has 2 amide bonds. The Morgan fingerprint density at radius 3 is 2.20 bits per heavy atom. The first kappa shape index (κ1) is 23.4. The summed E-state index contributed by atoms with van der Waals surface area (Å²) in [7, 11) is 0. The van der Waals surface area contributed by atoms with Crippen LogP contribution in [0.5, 0.6) is 0 Å². The van der Waals surface area contributed by atoms with E-state index in [0.717, 1.165) is 36.8 Å². The van der Waals surface area contributed by atoms with E-state index < -0.39 is 12.1 Å². The molecule has 0 saturated heterocycles. The van der Waals surface area contributed by atoms with Gasteiger partial charge in [-0.05, 0) is 53.4 Å². The lowest BCUT2D eigenvalue weighted by molar-refractivity contribution is -0.139. The highest BCUT2D eigenvalue weighted by atomic mass is 16.5. The number of carboxylic acids is 1. The number of carboxylic acid groups (broad SMARTS) is 1. The zero-order valence-electron chi connectivity index (χ0n) is 19.7. The molecule has 0 heterocycles. The van der Waals surface area contributed by atoms with E-state index in [-0.39, 0.29) is 48.6 Å². The molecule has 3 aliphatic carbocycles. The second-order valence-corrected chi connectivity index (χ2v) is 10.1. The van der Waals surface area contributed by atoms with Gasteiger partial charge < -0.3 is 20.5 Å². The highest BCUT2D eigenvalue weighted by Gasteiger charge is 2.43. The van der Waals surface area contributed by atoms with Crippen molar-refractivity contribution >= 4 is 18.0 Å². The fraction of sp³-hybridized carbons (Fsp3) is 0.464. The van der Waals surface area contributed by atoms with E-state index in [9.17, 15) is 14.4 Å². The Hall–Kier alpha value is -3.35. The van der Waals surface area contributed by atoms with E-state index in [0.29, 0.717) is 13.0 Å². The highest BCUT2D eigenvalue weighted by Crippen LogP contribution is 2.44. The summed E-state index contributed by atoms with van der Waals surface area (Å²) in [5, 5.41) is 14.9. The standard InChI is InChI=1S/C28H32N2O5/c31-26(29-15-18-13-23(18)27(32)33)14-25(17-7-1-2-8-17)30-28(34)35-16-24-21-11-5-3-9-19(21)20-10-4-6-12-22(20)24/h3-6,9-12,17-18,23-25H,1-2,7-8,13-16H2,(H,29,31)(H,30,34)(H,32,33)/t18-,23-,25?/m0/s1. The van der Waals surface area contributed by atoms with Crippen LogP contribution in [0.25, 0.3) is 11.1 Å². The lowest BCUT2D eigenvalue weighted by Gasteiger charge is -2.24. The van der Waals surface area contributed by atoms with Crippen LogP contribution in [0.3, 0.4) is 0 Å². The smallest absolute Gasteiger partial charge is 0.407 e. The van der Waals surface area contributed by atoms with Crippen LogP contribution < -0.4 is 10.6 Å². The van der Waals surface area contributed by atoms with Crippen molar-refractivity contribution in [2.24, 2.45) is 17.8 Å². The minimum atomic E-state index is -0.801. The second kappa shape index (κ2) is 10.1. The molecule has 2 aromatic carbocycles. The van der Waals surface area contributed by atoms with Gasteiger partial charge in [-0.15, -0.1) is 0 Å². The third-order valence-corrected chi connectivity index (χ3v) is 7.82. The summed E-state index contributed by atoms with van der Waals surface area (Å²) >= 11 is 0. The predicted molar refractivity (Wildman–Crippen MR) is 131 cm³/mol. The van der Waals surface area contributed by atoms with Crippen molar-refractivity contribution in [3.05, 3.63) is 59.7 Å². The molecule has 184 valence electrons. The molecule has 2 fully saturated rings. The topological polar surface area (TPSA) is 105 Å². The van der Waals surface area contributed by atoms with Gasteiger partial charge in [0.15, 0.2) is 0 Å². The number of nitrogens with one attached hydrogen (secondary N) is 2. The van der Waals surface area contributed by atoms with Gasteiger partial charge in [-0.2, -0.15) is 0 Å². The second-order valence-electron chi connectivity index (χ2n) is 10.1. The third kappa shape index (κ3) is 5.19. The highest BCUT2D eigenvalue weighted by molar-refractivity contribution is 5.80. The lowest BCUT2D eigenvalue weighted by atomic mass is 9.95. The number of amides is 2. The molecule has 1 unspecified atom stereocenters. The van der Waals surface area contributed by atoms with Crippen molar-refractivity contribution in [3.63, 3.8) is 0 Å². The van der Waals surface area contributed by atoms with Gasteiger partial charge in [-0.1, -0.05) is 61.4 Å². The third-order valence-electron chi connectivity index (χ3n) is 7.82. The summed E-state index contributed by atoms with van der Waals surface area (Å²) in [4.78, 5) is 36.4. The molecule has 0 spiro atoms. The summed E-state index contributed by atoms with van der Waals surface area (Å²) in [6.07, 6.45) is 4.44. The number of fused-ring (bicyclic) bond motifs is 3. The molecule has 0 aliphatic heterocycles. The molecule has 3 atom stereocenters. The molecular weight excluding hydrogens is 444 g/mol. The largest absolute Gasteiger partial charge is 0.481 e. The Morgan fingerprint density at radius 1 is 0.971 bits per heavy atom. The first-order valence-corrected chi connectivity index (χ1v) is 12.6. The Kier molecular flexibility index (Phi) is 6.75. The molecule has 2 saturated carbocycles. The fourth-order valence-corrected chi connectivity index (χ4v) is 5.78. The number of alkyl carbamates (subject to hydrolysis) is 1. The van der Waals surface area contributed by atoms with Crippen molar-refractivity contribution in [1.29, 1.82) is 0 Å². The Morgan fingerprint density at radius 2 is 1.60 bits per heavy atom. The average Bonchev–Trinajstić information content (AvgIpc) is 3.30. The first-order chi connectivity index (χ1) is 17.0. The number of ether oxygens (including phenoxy) is 1. The maximum absolute atomic E-state index is 12.8. The van der Waals surface area contributed by atoms with Crippen LogP contribution in [0.15, 0.2) is 48.5 Å². The maximum atomic E-state index is 12.8. The zero-order chi connectivity index (χ0) is 24.4. The van der Waals surface area contributed by atoms with E-state index in [4.69, 9.17) is 9.84 Å². The molecule has 2 aromatic rings. The van der Waals surface area contributed by atoms with Gasteiger partial charge in [-0.25, -0.2) is 4.79 Å². The lowest BCUT2D eigenvalue weighted by Crippen LogP contribution is -2.44. The summed E-state index contributed by atoms with van der Waals surface area (Å²) < 4.78 is 5.71. The fourth-order valence-electron chi connectivity index (χ4n) is 5.78.